The van der Waals surface area contributed by atoms with Crippen LogP contribution in [0.25, 0.3) is 0 Å². The third kappa shape index (κ3) is 9.61. The Morgan fingerprint density at radius 1 is 0.889 bits per heavy atom. The van der Waals surface area contributed by atoms with Crippen molar-refractivity contribution in [3.63, 3.8) is 0 Å². The highest BCUT2D eigenvalue weighted by molar-refractivity contribution is 5.75. The molecule has 0 saturated heterocycles. The van der Waals surface area contributed by atoms with Crippen LogP contribution in [0.4, 0.5) is 14.4 Å². The predicted octanol–water partition coefficient (Wildman–Crippen LogP) is 4.23. The molecule has 0 radical (unpaired) electrons. The van der Waals surface area contributed by atoms with Crippen LogP contribution in [0, 0.1) is 5.92 Å². The van der Waals surface area contributed by atoms with Crippen LogP contribution < -0.4 is 15.2 Å². The van der Waals surface area contributed by atoms with Crippen molar-refractivity contribution in [1.29, 1.82) is 0 Å². The first kappa shape index (κ1) is 30.5. The smallest absolute Gasteiger partial charge is 0.480 e. The van der Waals surface area contributed by atoms with Gasteiger partial charge in [0.1, 0.15) is 18.2 Å². The molecule has 1 aromatic carbocycles. The maximum absolute atomic E-state index is 12.3. The molecule has 202 valence electrons. The number of carboxylic acid groups (broad SMARTS) is 1. The number of nitrogens with two attached hydrogens (primary N) is 1. The second-order valence-corrected chi connectivity index (χ2v) is 8.22. The summed E-state index contributed by atoms with van der Waals surface area (Å²) in [5.74, 6) is -3.18. The van der Waals surface area contributed by atoms with Gasteiger partial charge in [-0.2, -0.15) is 0 Å². The van der Waals surface area contributed by atoms with Crippen LogP contribution >= 0.6 is 0 Å². The molecule has 1 aromatic rings. The highest BCUT2D eigenvalue weighted by Crippen LogP contribution is 2.36. The van der Waals surface area contributed by atoms with Gasteiger partial charge in [0.25, 0.3) is 0 Å². The van der Waals surface area contributed by atoms with Gasteiger partial charge >= 0.3 is 24.4 Å². The fourth-order valence-corrected chi connectivity index (χ4v) is 3.02. The minimum Gasteiger partial charge on any atom is -0.480 e. The van der Waals surface area contributed by atoms with Crippen molar-refractivity contribution in [3.05, 3.63) is 23.8 Å². The van der Waals surface area contributed by atoms with E-state index in [4.69, 9.17) is 29.4 Å². The molecule has 12 heteroatoms. The number of hydrogen-bond donors (Lipinski definition) is 2. The van der Waals surface area contributed by atoms with Gasteiger partial charge in [-0.15, -0.1) is 0 Å². The fraction of sp³-hybridized carbons (Fsp3) is 0.583. The number of ether oxygens (including phenoxy) is 6. The average molecular weight is 514 g/mol. The Morgan fingerprint density at radius 2 is 1.42 bits per heavy atom. The van der Waals surface area contributed by atoms with Crippen molar-refractivity contribution in [2.24, 2.45) is 11.7 Å². The molecule has 0 aromatic heterocycles. The third-order valence-corrected chi connectivity index (χ3v) is 5.40. The molecule has 0 saturated carbocycles. The van der Waals surface area contributed by atoms with Gasteiger partial charge in [0, 0.05) is 5.92 Å². The van der Waals surface area contributed by atoms with Crippen molar-refractivity contribution in [2.75, 3.05) is 13.7 Å². The number of hydrogen-bond acceptors (Lipinski definition) is 11. The molecule has 0 fully saturated rings. The zero-order valence-electron chi connectivity index (χ0n) is 21.3. The molecule has 3 N–H and O–H groups in total. The number of aliphatic carboxylic acids is 1. The van der Waals surface area contributed by atoms with Gasteiger partial charge < -0.3 is 39.3 Å². The maximum atomic E-state index is 12.3. The minimum absolute atomic E-state index is 0.158. The van der Waals surface area contributed by atoms with E-state index in [2.05, 4.69) is 4.74 Å². The largest absolute Gasteiger partial charge is 0.514 e. The summed E-state index contributed by atoms with van der Waals surface area (Å²) in [5.41, 5.74) is 6.27. The van der Waals surface area contributed by atoms with E-state index in [1.807, 2.05) is 13.8 Å². The summed E-state index contributed by atoms with van der Waals surface area (Å²) in [7, 11) is 1.14. The van der Waals surface area contributed by atoms with E-state index in [9.17, 15) is 24.3 Å². The Kier molecular flexibility index (Phi) is 12.5. The van der Waals surface area contributed by atoms with Gasteiger partial charge in [-0.05, 0) is 50.3 Å². The maximum Gasteiger partial charge on any atom is 0.514 e. The predicted molar refractivity (Wildman–Crippen MR) is 126 cm³/mol. The van der Waals surface area contributed by atoms with Gasteiger partial charge in [-0.1, -0.05) is 26.8 Å². The lowest BCUT2D eigenvalue weighted by Crippen LogP contribution is -2.40. The van der Waals surface area contributed by atoms with Crippen molar-refractivity contribution in [3.8, 4) is 11.5 Å². The van der Waals surface area contributed by atoms with E-state index in [1.54, 1.807) is 20.8 Å². The first-order chi connectivity index (χ1) is 16.9. The molecule has 0 spiro atoms. The molecule has 1 rings (SSSR count). The molecule has 0 heterocycles. The highest BCUT2D eigenvalue weighted by atomic mass is 16.8. The quantitative estimate of drug-likeness (QED) is 0.232. The van der Waals surface area contributed by atoms with Crippen molar-refractivity contribution < 1.29 is 52.7 Å². The van der Waals surface area contributed by atoms with E-state index >= 15 is 0 Å². The first-order valence-electron chi connectivity index (χ1n) is 11.5. The number of benzene rings is 1. The van der Waals surface area contributed by atoms with Crippen LogP contribution in [0.3, 0.4) is 0 Å². The third-order valence-electron chi connectivity index (χ3n) is 5.40. The van der Waals surface area contributed by atoms with Gasteiger partial charge in [-0.25, -0.2) is 14.4 Å². The van der Waals surface area contributed by atoms with E-state index in [-0.39, 0.29) is 18.1 Å². The standard InChI is InChI=1S/C24H35NO11/c1-7-14(4)33-23(29)35-17-10-9-16(11-18(17)36-24(30)34-15(5)8-2)19(20(25)21(26)27)13(3)12-32-22(28)31-6/h9-11,13-15,19-20H,7-8,12,25H2,1-6H3,(H,26,27)/t13?,14?,15?,19?,20-/m0/s1. The topological polar surface area (TPSA) is 170 Å². The highest BCUT2D eigenvalue weighted by Gasteiger charge is 2.33. The molecule has 12 nitrogen and oxygen atoms in total. The van der Waals surface area contributed by atoms with Gasteiger partial charge in [-0.3, -0.25) is 4.79 Å². The zero-order valence-corrected chi connectivity index (χ0v) is 21.3. The summed E-state index contributed by atoms with van der Waals surface area (Å²) in [6.07, 6.45) is -2.77. The summed E-state index contributed by atoms with van der Waals surface area (Å²) >= 11 is 0. The Labute approximate surface area is 209 Å². The molecule has 0 aliphatic carbocycles. The molecule has 0 amide bonds. The minimum atomic E-state index is -1.41. The fourth-order valence-electron chi connectivity index (χ4n) is 3.02. The molecule has 36 heavy (non-hydrogen) atoms. The van der Waals surface area contributed by atoms with Gasteiger partial charge in [0.2, 0.25) is 0 Å². The molecule has 4 unspecified atom stereocenters. The van der Waals surface area contributed by atoms with Crippen LogP contribution in [0.15, 0.2) is 18.2 Å². The molecular weight excluding hydrogens is 478 g/mol. The van der Waals surface area contributed by atoms with Gasteiger partial charge in [0.15, 0.2) is 11.5 Å². The van der Waals surface area contributed by atoms with Crippen LogP contribution in [0.5, 0.6) is 11.5 Å². The summed E-state index contributed by atoms with van der Waals surface area (Å²) in [4.78, 5) is 47.6. The summed E-state index contributed by atoms with van der Waals surface area (Å²) in [5, 5.41) is 9.56. The zero-order chi connectivity index (χ0) is 27.4. The Balaban J connectivity index is 3.38. The van der Waals surface area contributed by atoms with E-state index in [0.717, 1.165) is 7.11 Å². The number of rotatable bonds is 12. The molecule has 0 bridgehead atoms. The molecule has 0 aliphatic rings. The lowest BCUT2D eigenvalue weighted by atomic mass is 9.82. The first-order valence-corrected chi connectivity index (χ1v) is 11.5. The number of carbonyl (C=O) groups excluding carboxylic acids is 3. The van der Waals surface area contributed by atoms with Crippen molar-refractivity contribution in [2.45, 2.75) is 71.6 Å². The molecule has 0 aliphatic heterocycles. The molecular formula is C24H35NO11. The Bertz CT molecular complexity index is 904. The Morgan fingerprint density at radius 3 is 1.89 bits per heavy atom. The Hall–Kier alpha value is -3.54. The van der Waals surface area contributed by atoms with Crippen molar-refractivity contribution >= 4 is 24.4 Å². The SMILES string of the molecule is CCC(C)OC(=O)Oc1ccc(C(C(C)COC(=O)OC)[C@H](N)C(=O)O)cc1OC(=O)OC(C)CC. The normalized spacial score (nSPS) is 14.9. The van der Waals surface area contributed by atoms with E-state index in [1.165, 1.54) is 18.2 Å². The van der Waals surface area contributed by atoms with E-state index in [0.29, 0.717) is 18.4 Å². The van der Waals surface area contributed by atoms with Crippen LogP contribution in [0.2, 0.25) is 0 Å². The summed E-state index contributed by atoms with van der Waals surface area (Å²) in [6.45, 7) is 8.41. The lowest BCUT2D eigenvalue weighted by molar-refractivity contribution is -0.139. The van der Waals surface area contributed by atoms with E-state index < -0.39 is 54.5 Å². The summed E-state index contributed by atoms with van der Waals surface area (Å²) in [6, 6.07) is 2.67. The van der Waals surface area contributed by atoms with Crippen molar-refractivity contribution in [1.82, 2.24) is 0 Å². The second-order valence-electron chi connectivity index (χ2n) is 8.22. The summed E-state index contributed by atoms with van der Waals surface area (Å²) < 4.78 is 30.2. The average Bonchev–Trinajstić information content (AvgIpc) is 2.83. The second kappa shape index (κ2) is 14.8. The van der Waals surface area contributed by atoms with Crippen LogP contribution in [-0.2, 0) is 23.7 Å². The van der Waals surface area contributed by atoms with Gasteiger partial charge in [0.05, 0.1) is 13.7 Å². The number of carboxylic acids is 1. The lowest BCUT2D eigenvalue weighted by Gasteiger charge is -2.27. The van der Waals surface area contributed by atoms with Crippen LogP contribution in [-0.4, -0.2) is 61.5 Å². The van der Waals surface area contributed by atoms with Crippen LogP contribution in [0.1, 0.15) is 58.9 Å². The monoisotopic (exact) mass is 513 g/mol. The molecule has 5 atom stereocenters. The number of carbonyl (C=O) groups is 4. The number of methoxy groups -OCH3 is 1.